The lowest BCUT2D eigenvalue weighted by Crippen LogP contribution is -2.44. The molecule has 0 saturated carbocycles. The third kappa shape index (κ3) is 2.12. The Labute approximate surface area is 73.7 Å². The fraction of sp³-hybridized carbons (Fsp3) is 0.667. The monoisotopic (exact) mass is 190 g/mol. The van der Waals surface area contributed by atoms with Gasteiger partial charge in [0.15, 0.2) is 5.37 Å². The molecule has 0 aromatic rings. The largest absolute Gasteiger partial charge is 0.479 e. The minimum absolute atomic E-state index is 0.382. The van der Waals surface area contributed by atoms with Gasteiger partial charge >= 0.3 is 5.97 Å². The number of aliphatic carboxylic acids is 1. The van der Waals surface area contributed by atoms with Crippen LogP contribution in [0.3, 0.4) is 0 Å². The van der Waals surface area contributed by atoms with Gasteiger partial charge in [0.25, 0.3) is 0 Å². The molecule has 0 radical (unpaired) electrons. The van der Waals surface area contributed by atoms with Gasteiger partial charge in [0.05, 0.1) is 6.04 Å². The second-order valence-electron chi connectivity index (χ2n) is 2.49. The number of thioether (sulfide) groups is 1. The molecule has 0 aromatic heterocycles. The second kappa shape index (κ2) is 3.77. The van der Waals surface area contributed by atoms with Gasteiger partial charge in [-0.15, -0.1) is 11.8 Å². The van der Waals surface area contributed by atoms with Crippen LogP contribution in [0.15, 0.2) is 0 Å². The maximum Gasteiger partial charge on any atom is 0.336 e. The number of hydrogen-bond donors (Lipinski definition) is 3. The average molecular weight is 190 g/mol. The van der Waals surface area contributed by atoms with Crippen LogP contribution in [0, 0.1) is 0 Å². The zero-order valence-electron chi connectivity index (χ0n) is 6.32. The quantitative estimate of drug-likeness (QED) is 0.492. The topological polar surface area (TPSA) is 92.4 Å². The molecule has 2 atom stereocenters. The number of rotatable bonds is 1. The van der Waals surface area contributed by atoms with Crippen molar-refractivity contribution in [2.75, 3.05) is 5.75 Å². The molecule has 68 valence electrons. The fourth-order valence-corrected chi connectivity index (χ4v) is 1.82. The Morgan fingerprint density at radius 1 is 1.75 bits per heavy atom. The number of carbonyl (C=O) groups excluding carboxylic acids is 1. The Hall–Kier alpha value is -0.750. The van der Waals surface area contributed by atoms with Crippen molar-refractivity contribution in [1.82, 2.24) is 5.32 Å². The Balaban J connectivity index is 2.60. The van der Waals surface area contributed by atoms with Crippen LogP contribution in [0.5, 0.6) is 0 Å². The van der Waals surface area contributed by atoms with Crippen LogP contribution in [0.25, 0.3) is 0 Å². The SMILES string of the molecule is NC1CCSC(C(=O)O)NC1=O. The van der Waals surface area contributed by atoms with Crippen molar-refractivity contribution < 1.29 is 14.7 Å². The molecule has 1 aliphatic heterocycles. The molecule has 0 bridgehead atoms. The summed E-state index contributed by atoms with van der Waals surface area (Å²) in [4.78, 5) is 21.5. The van der Waals surface area contributed by atoms with E-state index >= 15 is 0 Å². The van der Waals surface area contributed by atoms with Crippen LogP contribution in [0.4, 0.5) is 0 Å². The molecule has 1 fully saturated rings. The van der Waals surface area contributed by atoms with Crippen molar-refractivity contribution in [2.45, 2.75) is 17.8 Å². The Morgan fingerprint density at radius 3 is 3.00 bits per heavy atom. The third-order valence-electron chi connectivity index (χ3n) is 1.55. The van der Waals surface area contributed by atoms with Crippen LogP contribution in [-0.4, -0.2) is 34.2 Å². The summed E-state index contributed by atoms with van der Waals surface area (Å²) < 4.78 is 0. The Morgan fingerprint density at radius 2 is 2.42 bits per heavy atom. The predicted octanol–water partition coefficient (Wildman–Crippen LogP) is -1.02. The minimum atomic E-state index is -1.03. The summed E-state index contributed by atoms with van der Waals surface area (Å²) >= 11 is 1.19. The number of amides is 1. The molecule has 1 aliphatic rings. The van der Waals surface area contributed by atoms with Gasteiger partial charge in [-0.1, -0.05) is 0 Å². The number of nitrogens with two attached hydrogens (primary N) is 1. The molecule has 1 rings (SSSR count). The third-order valence-corrected chi connectivity index (χ3v) is 2.67. The van der Waals surface area contributed by atoms with Crippen molar-refractivity contribution in [3.8, 4) is 0 Å². The highest BCUT2D eigenvalue weighted by Gasteiger charge is 2.26. The van der Waals surface area contributed by atoms with E-state index in [-0.39, 0.29) is 5.91 Å². The van der Waals surface area contributed by atoms with Crippen LogP contribution in [-0.2, 0) is 9.59 Å². The molecule has 12 heavy (non-hydrogen) atoms. The van der Waals surface area contributed by atoms with Gasteiger partial charge in [0, 0.05) is 0 Å². The van der Waals surface area contributed by atoms with E-state index in [1.54, 1.807) is 0 Å². The summed E-state index contributed by atoms with van der Waals surface area (Å²) in [7, 11) is 0. The summed E-state index contributed by atoms with van der Waals surface area (Å²) in [6, 6.07) is -0.568. The minimum Gasteiger partial charge on any atom is -0.479 e. The predicted molar refractivity (Wildman–Crippen MR) is 44.6 cm³/mol. The van der Waals surface area contributed by atoms with E-state index in [4.69, 9.17) is 10.8 Å². The van der Waals surface area contributed by atoms with Crippen molar-refractivity contribution >= 4 is 23.6 Å². The first-order chi connectivity index (χ1) is 5.61. The van der Waals surface area contributed by atoms with Gasteiger partial charge in [-0.05, 0) is 12.2 Å². The summed E-state index contributed by atoms with van der Waals surface area (Å²) in [6.07, 6.45) is 0.528. The van der Waals surface area contributed by atoms with Gasteiger partial charge < -0.3 is 16.2 Å². The molecule has 0 aliphatic carbocycles. The van der Waals surface area contributed by atoms with E-state index in [0.717, 1.165) is 0 Å². The molecule has 4 N–H and O–H groups in total. The lowest BCUT2D eigenvalue weighted by Gasteiger charge is -2.09. The van der Waals surface area contributed by atoms with Crippen molar-refractivity contribution in [2.24, 2.45) is 5.73 Å². The highest BCUT2D eigenvalue weighted by atomic mass is 32.2. The molecule has 1 saturated heterocycles. The number of nitrogens with one attached hydrogen (secondary N) is 1. The van der Waals surface area contributed by atoms with Crippen molar-refractivity contribution in [3.05, 3.63) is 0 Å². The number of carbonyl (C=O) groups is 2. The molecule has 1 heterocycles. The Bertz CT molecular complexity index is 209. The lowest BCUT2D eigenvalue weighted by molar-refractivity contribution is -0.139. The normalized spacial score (nSPS) is 30.6. The fourth-order valence-electron chi connectivity index (χ4n) is 0.855. The van der Waals surface area contributed by atoms with Crippen LogP contribution in [0.2, 0.25) is 0 Å². The van der Waals surface area contributed by atoms with E-state index in [9.17, 15) is 9.59 Å². The molecule has 2 unspecified atom stereocenters. The van der Waals surface area contributed by atoms with Gasteiger partial charge in [-0.2, -0.15) is 0 Å². The van der Waals surface area contributed by atoms with Crippen molar-refractivity contribution in [1.29, 1.82) is 0 Å². The smallest absolute Gasteiger partial charge is 0.336 e. The first-order valence-electron chi connectivity index (χ1n) is 3.51. The lowest BCUT2D eigenvalue weighted by atomic mass is 10.2. The molecule has 0 spiro atoms. The van der Waals surface area contributed by atoms with Gasteiger partial charge in [0.1, 0.15) is 0 Å². The van der Waals surface area contributed by atoms with E-state index in [0.29, 0.717) is 12.2 Å². The van der Waals surface area contributed by atoms with Gasteiger partial charge in [-0.25, -0.2) is 4.79 Å². The summed E-state index contributed by atoms with van der Waals surface area (Å²) in [5, 5.41) is 10.1. The van der Waals surface area contributed by atoms with E-state index in [2.05, 4.69) is 5.32 Å². The number of carboxylic acid groups (broad SMARTS) is 1. The van der Waals surface area contributed by atoms with E-state index in [1.165, 1.54) is 11.8 Å². The first-order valence-corrected chi connectivity index (χ1v) is 4.56. The van der Waals surface area contributed by atoms with E-state index in [1.807, 2.05) is 0 Å². The highest BCUT2D eigenvalue weighted by Crippen LogP contribution is 2.14. The molecule has 0 aromatic carbocycles. The summed E-state index contributed by atoms with van der Waals surface area (Å²) in [5.74, 6) is -0.813. The Kier molecular flexibility index (Phi) is 2.93. The van der Waals surface area contributed by atoms with Crippen LogP contribution < -0.4 is 11.1 Å². The molecule has 5 nitrogen and oxygen atoms in total. The van der Waals surface area contributed by atoms with E-state index < -0.39 is 17.4 Å². The van der Waals surface area contributed by atoms with Crippen molar-refractivity contribution in [3.63, 3.8) is 0 Å². The zero-order chi connectivity index (χ0) is 9.14. The average Bonchev–Trinajstić information content (AvgIpc) is 2.15. The van der Waals surface area contributed by atoms with Crippen LogP contribution >= 0.6 is 11.8 Å². The zero-order valence-corrected chi connectivity index (χ0v) is 7.13. The highest BCUT2D eigenvalue weighted by molar-refractivity contribution is 8.00. The summed E-state index contributed by atoms with van der Waals surface area (Å²) in [6.45, 7) is 0. The van der Waals surface area contributed by atoms with Gasteiger partial charge in [0.2, 0.25) is 5.91 Å². The maximum atomic E-state index is 11.0. The molecular weight excluding hydrogens is 180 g/mol. The second-order valence-corrected chi connectivity index (χ2v) is 3.71. The van der Waals surface area contributed by atoms with Crippen LogP contribution in [0.1, 0.15) is 6.42 Å². The molecule has 1 amide bonds. The number of hydrogen-bond acceptors (Lipinski definition) is 4. The maximum absolute atomic E-state index is 11.0. The standard InChI is InChI=1S/C6H10N2O3S/c7-3-1-2-12-5(6(10)11)8-4(3)9/h3,5H,1-2,7H2,(H,8,9)(H,10,11). The first kappa shape index (κ1) is 9.34. The van der Waals surface area contributed by atoms with Gasteiger partial charge in [-0.3, -0.25) is 4.79 Å². The molecule has 6 heteroatoms. The number of carboxylic acids is 1. The summed E-state index contributed by atoms with van der Waals surface area (Å²) in [5.41, 5.74) is 5.42. The molecular formula is C6H10N2O3S.